The van der Waals surface area contributed by atoms with Gasteiger partial charge in [0, 0.05) is 39.2 Å². The molecule has 0 saturated carbocycles. The van der Waals surface area contributed by atoms with E-state index in [1.165, 1.54) is 22.5 Å². The third-order valence-corrected chi connectivity index (χ3v) is 7.28. The lowest BCUT2D eigenvalue weighted by Crippen LogP contribution is -2.47. The summed E-state index contributed by atoms with van der Waals surface area (Å²) < 4.78 is 45.7. The van der Waals surface area contributed by atoms with E-state index in [1.807, 2.05) is 4.90 Å². The molecule has 1 aromatic rings. The molecule has 6 nitrogen and oxygen atoms in total. The van der Waals surface area contributed by atoms with Crippen molar-refractivity contribution in [1.29, 1.82) is 0 Å². The predicted octanol–water partition coefficient (Wildman–Crippen LogP) is 1.86. The fourth-order valence-corrected chi connectivity index (χ4v) is 5.24. The van der Waals surface area contributed by atoms with Gasteiger partial charge in [0.2, 0.25) is 15.9 Å². The Morgan fingerprint density at radius 1 is 1.08 bits per heavy atom. The van der Waals surface area contributed by atoms with Crippen LogP contribution in [0.4, 0.5) is 4.39 Å². The summed E-state index contributed by atoms with van der Waals surface area (Å²) >= 11 is 0. The number of nitrogens with zero attached hydrogens (tertiary/aromatic N) is 2. The monoisotopic (exact) mass is 384 g/mol. The molecule has 0 aliphatic carbocycles. The van der Waals surface area contributed by atoms with Crippen LogP contribution >= 0.6 is 0 Å². The Morgan fingerprint density at radius 2 is 1.69 bits per heavy atom. The summed E-state index contributed by atoms with van der Waals surface area (Å²) in [6, 6.07) is 5.40. The van der Waals surface area contributed by atoms with Crippen molar-refractivity contribution in [3.05, 3.63) is 30.1 Å². The van der Waals surface area contributed by atoms with E-state index >= 15 is 0 Å². The van der Waals surface area contributed by atoms with Crippen molar-refractivity contribution in [1.82, 2.24) is 9.21 Å². The highest BCUT2D eigenvalue weighted by Crippen LogP contribution is 2.27. The Bertz CT molecular complexity index is 739. The maximum absolute atomic E-state index is 13.9. The van der Waals surface area contributed by atoms with E-state index in [4.69, 9.17) is 4.74 Å². The van der Waals surface area contributed by atoms with Crippen LogP contribution in [-0.4, -0.2) is 62.9 Å². The van der Waals surface area contributed by atoms with Crippen molar-refractivity contribution in [3.8, 4) is 0 Å². The number of amides is 1. The second-order valence-corrected chi connectivity index (χ2v) is 8.78. The Balaban J connectivity index is 1.59. The van der Waals surface area contributed by atoms with E-state index in [0.29, 0.717) is 25.9 Å². The zero-order chi connectivity index (χ0) is 18.7. The van der Waals surface area contributed by atoms with Crippen LogP contribution in [0.5, 0.6) is 0 Å². The van der Waals surface area contributed by atoms with Gasteiger partial charge in [-0.05, 0) is 37.8 Å². The minimum atomic E-state index is -3.86. The first-order valence-corrected chi connectivity index (χ1v) is 10.4. The summed E-state index contributed by atoms with van der Waals surface area (Å²) in [4.78, 5) is 14.2. The molecule has 2 aliphatic heterocycles. The van der Waals surface area contributed by atoms with Crippen LogP contribution in [0, 0.1) is 11.7 Å². The van der Waals surface area contributed by atoms with Crippen molar-refractivity contribution in [2.24, 2.45) is 5.92 Å². The van der Waals surface area contributed by atoms with Gasteiger partial charge in [0.25, 0.3) is 0 Å². The highest BCUT2D eigenvalue weighted by atomic mass is 32.2. The molecule has 2 aliphatic rings. The van der Waals surface area contributed by atoms with Gasteiger partial charge in [-0.15, -0.1) is 0 Å². The standard InChI is InChI=1S/C18H25FN2O4S/c1-25-15-8-10-20(11-9-15)18(22)14-6-12-21(13-7-14)26(23,24)17-5-3-2-4-16(17)19/h2-5,14-15H,6-13H2,1H3. The number of sulfonamides is 1. The van der Waals surface area contributed by atoms with Gasteiger partial charge < -0.3 is 9.64 Å². The summed E-state index contributed by atoms with van der Waals surface area (Å²) in [5, 5.41) is 0. The number of ether oxygens (including phenoxy) is 1. The fourth-order valence-electron chi connectivity index (χ4n) is 3.71. The third-order valence-electron chi connectivity index (χ3n) is 5.34. The summed E-state index contributed by atoms with van der Waals surface area (Å²) in [6.07, 6.45) is 2.82. The molecule has 3 rings (SSSR count). The molecular weight excluding hydrogens is 359 g/mol. The molecular formula is C18H25FN2O4S. The zero-order valence-corrected chi connectivity index (χ0v) is 15.8. The van der Waals surface area contributed by atoms with Crippen molar-refractivity contribution in [3.63, 3.8) is 0 Å². The Kier molecular flexibility index (Phi) is 5.94. The van der Waals surface area contributed by atoms with Crippen LogP contribution in [0.3, 0.4) is 0 Å². The minimum absolute atomic E-state index is 0.0995. The fraction of sp³-hybridized carbons (Fsp3) is 0.611. The van der Waals surface area contributed by atoms with Gasteiger partial charge in [0.1, 0.15) is 10.7 Å². The minimum Gasteiger partial charge on any atom is -0.381 e. The Hall–Kier alpha value is -1.51. The van der Waals surface area contributed by atoms with E-state index in [0.717, 1.165) is 18.9 Å². The Labute approximate surface area is 154 Å². The Morgan fingerprint density at radius 3 is 2.27 bits per heavy atom. The molecule has 1 amide bonds. The van der Waals surface area contributed by atoms with E-state index in [9.17, 15) is 17.6 Å². The molecule has 0 unspecified atom stereocenters. The molecule has 144 valence electrons. The number of carbonyl (C=O) groups excluding carboxylic acids is 1. The van der Waals surface area contributed by atoms with E-state index in [-0.39, 0.29) is 35.9 Å². The van der Waals surface area contributed by atoms with Gasteiger partial charge in [-0.1, -0.05) is 12.1 Å². The SMILES string of the molecule is COC1CCN(C(=O)C2CCN(S(=O)(=O)c3ccccc3F)CC2)CC1. The van der Waals surface area contributed by atoms with E-state index < -0.39 is 15.8 Å². The highest BCUT2D eigenvalue weighted by Gasteiger charge is 2.35. The number of hydrogen-bond donors (Lipinski definition) is 0. The molecule has 8 heteroatoms. The van der Waals surface area contributed by atoms with Crippen molar-refractivity contribution < 1.29 is 22.3 Å². The van der Waals surface area contributed by atoms with Crippen LogP contribution in [0.1, 0.15) is 25.7 Å². The maximum atomic E-state index is 13.9. The molecule has 0 spiro atoms. The summed E-state index contributed by atoms with van der Waals surface area (Å²) in [6.45, 7) is 1.85. The van der Waals surface area contributed by atoms with Gasteiger partial charge in [-0.2, -0.15) is 4.31 Å². The number of halogens is 1. The quantitative estimate of drug-likeness (QED) is 0.795. The van der Waals surface area contributed by atoms with Crippen molar-refractivity contribution in [2.75, 3.05) is 33.3 Å². The van der Waals surface area contributed by atoms with E-state index in [2.05, 4.69) is 0 Å². The first kappa shape index (κ1) is 19.3. The van der Waals surface area contributed by atoms with Crippen LogP contribution in [-0.2, 0) is 19.6 Å². The van der Waals surface area contributed by atoms with Crippen LogP contribution < -0.4 is 0 Å². The molecule has 1 aromatic carbocycles. The molecule has 2 heterocycles. The first-order valence-electron chi connectivity index (χ1n) is 8.99. The number of piperidine rings is 2. The van der Waals surface area contributed by atoms with Crippen LogP contribution in [0.25, 0.3) is 0 Å². The van der Waals surface area contributed by atoms with Crippen LogP contribution in [0.15, 0.2) is 29.2 Å². The molecule has 0 radical (unpaired) electrons. The number of methoxy groups -OCH3 is 1. The normalized spacial score (nSPS) is 21.1. The number of hydrogen-bond acceptors (Lipinski definition) is 4. The zero-order valence-electron chi connectivity index (χ0n) is 14.9. The number of carbonyl (C=O) groups is 1. The number of benzene rings is 1. The molecule has 2 saturated heterocycles. The predicted molar refractivity (Wildman–Crippen MR) is 94.5 cm³/mol. The summed E-state index contributed by atoms with van der Waals surface area (Å²) in [5.41, 5.74) is 0. The maximum Gasteiger partial charge on any atom is 0.245 e. The van der Waals surface area contributed by atoms with Gasteiger partial charge in [-0.25, -0.2) is 12.8 Å². The van der Waals surface area contributed by atoms with Crippen molar-refractivity contribution >= 4 is 15.9 Å². The van der Waals surface area contributed by atoms with Gasteiger partial charge in [0.15, 0.2) is 0 Å². The molecule has 2 fully saturated rings. The molecule has 0 aromatic heterocycles. The van der Waals surface area contributed by atoms with Gasteiger partial charge in [0.05, 0.1) is 6.10 Å². The average molecular weight is 384 g/mol. The smallest absolute Gasteiger partial charge is 0.245 e. The van der Waals surface area contributed by atoms with Crippen LogP contribution in [0.2, 0.25) is 0 Å². The molecule has 0 bridgehead atoms. The van der Waals surface area contributed by atoms with E-state index in [1.54, 1.807) is 7.11 Å². The summed E-state index contributed by atoms with van der Waals surface area (Å²) in [5.74, 6) is -0.810. The second kappa shape index (κ2) is 8.02. The molecule has 26 heavy (non-hydrogen) atoms. The number of likely N-dealkylation sites (tertiary alicyclic amines) is 1. The topological polar surface area (TPSA) is 66.9 Å². The van der Waals surface area contributed by atoms with Crippen molar-refractivity contribution in [2.45, 2.75) is 36.7 Å². The molecule has 0 N–H and O–H groups in total. The molecule has 0 atom stereocenters. The average Bonchev–Trinajstić information content (AvgIpc) is 2.68. The summed E-state index contributed by atoms with van der Waals surface area (Å²) in [7, 11) is -2.17. The first-order chi connectivity index (χ1) is 12.4. The number of rotatable bonds is 4. The van der Waals surface area contributed by atoms with Gasteiger partial charge >= 0.3 is 0 Å². The lowest BCUT2D eigenvalue weighted by molar-refractivity contribution is -0.139. The lowest BCUT2D eigenvalue weighted by Gasteiger charge is -2.36. The second-order valence-electron chi connectivity index (χ2n) is 6.87. The van der Waals surface area contributed by atoms with Gasteiger partial charge in [-0.3, -0.25) is 4.79 Å². The largest absolute Gasteiger partial charge is 0.381 e. The lowest BCUT2D eigenvalue weighted by atomic mass is 9.95. The third kappa shape index (κ3) is 3.92. The highest BCUT2D eigenvalue weighted by molar-refractivity contribution is 7.89.